The van der Waals surface area contributed by atoms with Gasteiger partial charge in [-0.05, 0) is 20.3 Å². The predicted molar refractivity (Wildman–Crippen MR) is 72.0 cm³/mol. The zero-order chi connectivity index (χ0) is 11.2. The van der Waals surface area contributed by atoms with Crippen molar-refractivity contribution in [3.8, 4) is 0 Å². The fraction of sp³-hybridized carbons (Fsp3) is 1.00. The van der Waals surface area contributed by atoms with E-state index in [0.29, 0.717) is 0 Å². The van der Waals surface area contributed by atoms with Crippen molar-refractivity contribution in [2.45, 2.75) is 38.6 Å². The van der Waals surface area contributed by atoms with Gasteiger partial charge in [0.1, 0.15) is 0 Å². The highest BCUT2D eigenvalue weighted by atomic mass is 80.9. The van der Waals surface area contributed by atoms with Gasteiger partial charge < -0.3 is 10.2 Å². The molecule has 0 aliphatic carbocycles. The Kier molecular flexibility index (Phi) is 8.27. The van der Waals surface area contributed by atoms with Crippen molar-refractivity contribution in [1.29, 1.82) is 0 Å². The van der Waals surface area contributed by atoms with Crippen molar-refractivity contribution in [2.24, 2.45) is 0 Å². The Balaban J connectivity index is 0.000000791. The quantitative estimate of drug-likeness (QED) is 0.751. The molecule has 0 aromatic rings. The van der Waals surface area contributed by atoms with Crippen molar-refractivity contribution < 1.29 is 10.2 Å². The van der Waals surface area contributed by atoms with Gasteiger partial charge in [0, 0.05) is 41.9 Å². The van der Waals surface area contributed by atoms with Gasteiger partial charge in [0.2, 0.25) is 0 Å². The van der Waals surface area contributed by atoms with Crippen LogP contribution in [0.2, 0.25) is 0 Å². The number of aliphatic hydroxyl groups is 2. The summed E-state index contributed by atoms with van der Waals surface area (Å²) in [5.74, 6) is -0.0871. The minimum Gasteiger partial charge on any atom is -0.389 e. The molecule has 14 heavy (non-hydrogen) atoms. The van der Waals surface area contributed by atoms with Crippen LogP contribution >= 0.6 is 35.5 Å². The molecule has 2 N–H and O–H groups in total. The lowest BCUT2D eigenvalue weighted by molar-refractivity contribution is 0.143. The first-order valence-corrected chi connectivity index (χ1v) is 11.1. The molecule has 0 saturated carbocycles. The average molecular weight is 351 g/mol. The second kappa shape index (κ2) is 7.56. The van der Waals surface area contributed by atoms with Crippen LogP contribution in [0, 0.1) is 0 Å². The first kappa shape index (κ1) is 15.3. The van der Waals surface area contributed by atoms with E-state index >= 15 is 0 Å². The summed E-state index contributed by atoms with van der Waals surface area (Å²) in [5, 5.41) is 19.4. The summed E-state index contributed by atoms with van der Waals surface area (Å²) in [4.78, 5) is 0. The monoisotopic (exact) mass is 349 g/mol. The van der Waals surface area contributed by atoms with E-state index in [-0.39, 0.29) is 11.9 Å². The highest BCUT2D eigenvalue weighted by Crippen LogP contribution is 2.65. The fourth-order valence-electron chi connectivity index (χ4n) is 2.15. The summed E-state index contributed by atoms with van der Waals surface area (Å²) in [5.41, 5.74) is 0. The molecule has 2 atom stereocenters. The fourth-order valence-corrected chi connectivity index (χ4v) is 5.92. The minimum atomic E-state index is -1.19. The number of hydrogen-bond donors (Lipinski definition) is 2. The predicted octanol–water partition coefficient (Wildman–Crippen LogP) is 3.21. The summed E-state index contributed by atoms with van der Waals surface area (Å²) in [7, 11) is -1.19. The summed E-state index contributed by atoms with van der Waals surface area (Å²) in [6.45, 7) is 4.30. The van der Waals surface area contributed by atoms with Crippen molar-refractivity contribution in [2.75, 3.05) is 18.5 Å². The second-order valence-corrected chi connectivity index (χ2v) is 8.41. The van der Waals surface area contributed by atoms with E-state index in [1.807, 2.05) is 0 Å². The molecule has 2 nitrogen and oxygen atoms in total. The molecule has 0 aromatic carbocycles. The lowest BCUT2D eigenvalue weighted by Crippen LogP contribution is -2.32. The Labute approximate surface area is 103 Å². The van der Waals surface area contributed by atoms with E-state index in [4.69, 9.17) is 0 Å². The molecule has 0 bridgehead atoms. The lowest BCUT2D eigenvalue weighted by Gasteiger charge is -2.35. The maximum absolute atomic E-state index is 9.88. The third-order valence-corrected chi connectivity index (χ3v) is 8.41. The molecule has 0 radical (unpaired) electrons. The molecule has 0 amide bonds. The highest BCUT2D eigenvalue weighted by Gasteiger charge is 2.46. The largest absolute Gasteiger partial charge is 0.389 e. The minimum absolute atomic E-state index is 0.0871. The number of rotatable bonds is 2. The van der Waals surface area contributed by atoms with Gasteiger partial charge in [-0.25, -0.2) is 0 Å². The van der Waals surface area contributed by atoms with Gasteiger partial charge >= 0.3 is 0 Å². The number of aliphatic hydroxyl groups excluding tert-OH is 2. The normalized spacial score (nSPS) is 30.4. The van der Waals surface area contributed by atoms with Gasteiger partial charge in [-0.2, -0.15) is 0 Å². The topological polar surface area (TPSA) is 40.5 Å². The third-order valence-electron chi connectivity index (χ3n) is 3.22. The van der Waals surface area contributed by atoms with E-state index in [1.165, 1.54) is 0 Å². The van der Waals surface area contributed by atoms with Crippen LogP contribution in [0.5, 0.6) is 0 Å². The smallest absolute Gasteiger partial charge is 0.164 e. The maximum Gasteiger partial charge on any atom is 0.164 e. The van der Waals surface area contributed by atoms with E-state index in [9.17, 15) is 10.2 Å². The van der Waals surface area contributed by atoms with Crippen LogP contribution in [-0.4, -0.2) is 40.6 Å². The molecule has 0 spiro atoms. The molecule has 1 heterocycles. The molecular weight excluding hydrogens is 331 g/mol. The third kappa shape index (κ3) is 3.71. The Morgan fingerprint density at radius 1 is 1.14 bits per heavy atom. The number of hydrogen-bond acceptors (Lipinski definition) is 2. The zero-order valence-electron chi connectivity index (χ0n) is 8.79. The summed E-state index contributed by atoms with van der Waals surface area (Å²) < 4.78 is 0. The van der Waals surface area contributed by atoms with Crippen LogP contribution in [0.1, 0.15) is 26.7 Å². The molecule has 0 aromatic heterocycles. The van der Waals surface area contributed by atoms with Crippen molar-refractivity contribution in [1.82, 2.24) is 0 Å². The summed E-state index contributed by atoms with van der Waals surface area (Å²) >= 11 is 5.50. The van der Waals surface area contributed by atoms with Crippen molar-refractivity contribution >= 4 is 35.5 Å². The van der Waals surface area contributed by atoms with Gasteiger partial charge in [-0.3, -0.25) is 0 Å². The van der Waals surface area contributed by atoms with E-state index in [0.717, 1.165) is 31.3 Å². The molecule has 1 fully saturated rings. The maximum atomic E-state index is 9.88. The van der Waals surface area contributed by atoms with Crippen LogP contribution in [0.25, 0.3) is 0 Å². The van der Waals surface area contributed by atoms with Gasteiger partial charge in [-0.1, -0.05) is 0 Å². The van der Waals surface area contributed by atoms with Crippen molar-refractivity contribution in [3.05, 3.63) is 0 Å². The van der Waals surface area contributed by atoms with Crippen LogP contribution < -0.4 is 0 Å². The standard InChI is InChI=1S/C9H20O2P.Br2/c1-3-12(4-2)7-8(10)5-6-9(12)11;1-2/h8-11H,3-7H2,1-2H3;/q+1;. The van der Waals surface area contributed by atoms with Crippen LogP contribution in [0.4, 0.5) is 0 Å². The molecule has 1 rings (SSSR count). The van der Waals surface area contributed by atoms with E-state index in [1.54, 1.807) is 0 Å². The molecule has 1 aliphatic heterocycles. The number of halogens is 2. The molecule has 2 unspecified atom stereocenters. The second-order valence-electron chi connectivity index (χ2n) is 3.75. The first-order valence-electron chi connectivity index (χ1n) is 5.01. The highest BCUT2D eigenvalue weighted by molar-refractivity contribution is 9.93. The first-order chi connectivity index (χ1) is 6.64. The van der Waals surface area contributed by atoms with Gasteiger partial charge in [-0.15, -0.1) is 0 Å². The SMILES string of the molecule is BrBr.CC[P+]1(CC)CC(O)CCC1O. The zero-order valence-corrected chi connectivity index (χ0v) is 12.9. The summed E-state index contributed by atoms with van der Waals surface area (Å²) in [6, 6.07) is 0. The van der Waals surface area contributed by atoms with Crippen LogP contribution in [0.3, 0.4) is 0 Å². The average Bonchev–Trinajstić information content (AvgIpc) is 2.25. The van der Waals surface area contributed by atoms with E-state index in [2.05, 4.69) is 42.1 Å². The Morgan fingerprint density at radius 3 is 2.00 bits per heavy atom. The lowest BCUT2D eigenvalue weighted by atomic mass is 10.2. The van der Waals surface area contributed by atoms with Crippen LogP contribution in [-0.2, 0) is 0 Å². The van der Waals surface area contributed by atoms with Gasteiger partial charge in [0.25, 0.3) is 0 Å². The van der Waals surface area contributed by atoms with Gasteiger partial charge in [0.05, 0.1) is 24.6 Å². The molecule has 1 saturated heterocycles. The Hall–Kier alpha value is 1.31. The molecular formula is C9H20Br2O2P+. The van der Waals surface area contributed by atoms with Crippen molar-refractivity contribution in [3.63, 3.8) is 0 Å². The molecule has 86 valence electrons. The van der Waals surface area contributed by atoms with Crippen LogP contribution in [0.15, 0.2) is 0 Å². The Morgan fingerprint density at radius 2 is 1.64 bits per heavy atom. The van der Waals surface area contributed by atoms with Gasteiger partial charge in [0.15, 0.2) is 5.85 Å². The Bertz CT molecular complexity index is 154. The molecule has 1 aliphatic rings. The molecule has 5 heteroatoms. The van der Waals surface area contributed by atoms with E-state index < -0.39 is 7.26 Å². The summed E-state index contributed by atoms with van der Waals surface area (Å²) in [6.07, 6.45) is 4.53.